The van der Waals surface area contributed by atoms with E-state index in [0.717, 1.165) is 16.3 Å². The second-order valence-corrected chi connectivity index (χ2v) is 5.09. The topological polar surface area (TPSA) is 61.8 Å². The molecule has 0 spiro atoms. The van der Waals surface area contributed by atoms with Gasteiger partial charge in [-0.05, 0) is 44.9 Å². The lowest BCUT2D eigenvalue weighted by Crippen LogP contribution is -2.42. The summed E-state index contributed by atoms with van der Waals surface area (Å²) in [6.45, 7) is 7.83. The third-order valence-electron chi connectivity index (χ3n) is 2.17. The number of rotatable bonds is 5. The SMILES string of the molecule is Cc1cc(CNN(C=O)OC(C)(C)C)ccc1O. The molecule has 0 radical (unpaired) electrons. The average molecular weight is 252 g/mol. The molecule has 18 heavy (non-hydrogen) atoms. The first-order chi connectivity index (χ1) is 8.31. The first-order valence-electron chi connectivity index (χ1n) is 5.77. The van der Waals surface area contributed by atoms with Crippen LogP contribution in [0.15, 0.2) is 18.2 Å². The molecule has 0 unspecified atom stereocenters. The number of hydrogen-bond donors (Lipinski definition) is 2. The zero-order chi connectivity index (χ0) is 13.8. The molecule has 1 aromatic rings. The summed E-state index contributed by atoms with van der Waals surface area (Å²) in [4.78, 5) is 16.2. The highest BCUT2D eigenvalue weighted by Gasteiger charge is 2.15. The van der Waals surface area contributed by atoms with E-state index in [4.69, 9.17) is 4.84 Å². The maximum Gasteiger partial charge on any atom is 0.249 e. The van der Waals surface area contributed by atoms with E-state index in [-0.39, 0.29) is 5.75 Å². The third kappa shape index (κ3) is 4.73. The molecule has 5 nitrogen and oxygen atoms in total. The minimum absolute atomic E-state index is 0.261. The van der Waals surface area contributed by atoms with Crippen molar-refractivity contribution in [3.8, 4) is 5.75 Å². The molecule has 0 atom stereocenters. The Balaban J connectivity index is 2.57. The summed E-state index contributed by atoms with van der Waals surface area (Å²) in [5.74, 6) is 0.261. The van der Waals surface area contributed by atoms with Crippen molar-refractivity contribution in [1.82, 2.24) is 10.6 Å². The second kappa shape index (κ2) is 5.84. The fourth-order valence-electron chi connectivity index (χ4n) is 1.38. The summed E-state index contributed by atoms with van der Waals surface area (Å²) in [5, 5.41) is 10.5. The van der Waals surface area contributed by atoms with Crippen LogP contribution in [-0.4, -0.2) is 22.3 Å². The summed E-state index contributed by atoms with van der Waals surface area (Å²) >= 11 is 0. The number of aryl methyl sites for hydroxylation is 1. The van der Waals surface area contributed by atoms with Crippen molar-refractivity contribution in [2.45, 2.75) is 39.8 Å². The Bertz CT molecular complexity index is 413. The van der Waals surface area contributed by atoms with Crippen molar-refractivity contribution in [2.75, 3.05) is 0 Å². The summed E-state index contributed by atoms with van der Waals surface area (Å²) in [5.41, 5.74) is 4.15. The molecule has 1 rings (SSSR count). The van der Waals surface area contributed by atoms with Crippen LogP contribution in [0, 0.1) is 6.92 Å². The first kappa shape index (κ1) is 14.5. The number of hydroxylamine groups is 1. The largest absolute Gasteiger partial charge is 0.508 e. The molecule has 0 saturated heterocycles. The van der Waals surface area contributed by atoms with Gasteiger partial charge in [-0.25, -0.2) is 10.3 Å². The highest BCUT2D eigenvalue weighted by Crippen LogP contribution is 2.17. The van der Waals surface area contributed by atoms with Gasteiger partial charge in [0.2, 0.25) is 6.41 Å². The van der Waals surface area contributed by atoms with Gasteiger partial charge in [-0.3, -0.25) is 4.79 Å². The Kier molecular flexibility index (Phi) is 4.69. The molecule has 2 N–H and O–H groups in total. The number of nitrogens with one attached hydrogen (secondary N) is 1. The van der Waals surface area contributed by atoms with Crippen LogP contribution < -0.4 is 5.43 Å². The zero-order valence-corrected chi connectivity index (χ0v) is 11.2. The highest BCUT2D eigenvalue weighted by molar-refractivity contribution is 5.44. The van der Waals surface area contributed by atoms with Crippen LogP contribution in [0.5, 0.6) is 5.75 Å². The molecule has 0 bridgehead atoms. The lowest BCUT2D eigenvalue weighted by Gasteiger charge is -2.26. The zero-order valence-electron chi connectivity index (χ0n) is 11.2. The molecule has 5 heteroatoms. The van der Waals surface area contributed by atoms with Crippen molar-refractivity contribution < 1.29 is 14.7 Å². The van der Waals surface area contributed by atoms with Crippen LogP contribution in [0.3, 0.4) is 0 Å². The van der Waals surface area contributed by atoms with E-state index in [1.807, 2.05) is 33.8 Å². The summed E-state index contributed by atoms with van der Waals surface area (Å²) in [7, 11) is 0. The van der Waals surface area contributed by atoms with Gasteiger partial charge < -0.3 is 5.11 Å². The van der Waals surface area contributed by atoms with E-state index in [2.05, 4.69) is 5.43 Å². The standard InChI is InChI=1S/C13H20N2O3/c1-10-7-11(5-6-12(10)17)8-14-15(9-16)18-13(2,3)4/h5-7,9,14,17H,8H2,1-4H3. The number of amides is 1. The maximum absolute atomic E-state index is 10.8. The second-order valence-electron chi connectivity index (χ2n) is 5.09. The lowest BCUT2D eigenvalue weighted by molar-refractivity contribution is -0.239. The quantitative estimate of drug-likeness (QED) is 0.620. The fraction of sp³-hybridized carbons (Fsp3) is 0.462. The van der Waals surface area contributed by atoms with Gasteiger partial charge in [-0.15, -0.1) is 0 Å². The van der Waals surface area contributed by atoms with E-state index >= 15 is 0 Å². The van der Waals surface area contributed by atoms with Gasteiger partial charge in [0.05, 0.1) is 5.60 Å². The molecule has 1 aromatic carbocycles. The molecule has 0 aromatic heterocycles. The van der Waals surface area contributed by atoms with Crippen LogP contribution in [0.4, 0.5) is 0 Å². The third-order valence-corrected chi connectivity index (χ3v) is 2.17. The highest BCUT2D eigenvalue weighted by atomic mass is 16.7. The Labute approximate surface area is 107 Å². The number of phenols is 1. The van der Waals surface area contributed by atoms with Crippen LogP contribution >= 0.6 is 0 Å². The van der Waals surface area contributed by atoms with Crippen molar-refractivity contribution >= 4 is 6.41 Å². The van der Waals surface area contributed by atoms with E-state index in [1.165, 1.54) is 0 Å². The molecule has 0 saturated carbocycles. The number of carbonyl (C=O) groups excluding carboxylic acids is 1. The summed E-state index contributed by atoms with van der Waals surface area (Å²) in [6.07, 6.45) is 0.582. The Morgan fingerprint density at radius 1 is 1.44 bits per heavy atom. The van der Waals surface area contributed by atoms with E-state index in [9.17, 15) is 9.90 Å². The number of carbonyl (C=O) groups is 1. The van der Waals surface area contributed by atoms with E-state index < -0.39 is 5.60 Å². The Morgan fingerprint density at radius 3 is 2.61 bits per heavy atom. The van der Waals surface area contributed by atoms with Crippen LogP contribution in [-0.2, 0) is 16.2 Å². The van der Waals surface area contributed by atoms with Crippen LogP contribution in [0.1, 0.15) is 31.9 Å². The van der Waals surface area contributed by atoms with Crippen LogP contribution in [0.2, 0.25) is 0 Å². The molecule has 0 aliphatic carbocycles. The summed E-state index contributed by atoms with van der Waals surface area (Å²) < 4.78 is 0. The van der Waals surface area contributed by atoms with Gasteiger partial charge in [0, 0.05) is 6.54 Å². The van der Waals surface area contributed by atoms with Crippen molar-refractivity contribution in [3.63, 3.8) is 0 Å². The Morgan fingerprint density at radius 2 is 2.11 bits per heavy atom. The summed E-state index contributed by atoms with van der Waals surface area (Å²) in [6, 6.07) is 5.26. The van der Waals surface area contributed by atoms with Crippen molar-refractivity contribution in [1.29, 1.82) is 0 Å². The molecular weight excluding hydrogens is 232 g/mol. The minimum atomic E-state index is -0.446. The number of hydrazine groups is 1. The van der Waals surface area contributed by atoms with Gasteiger partial charge in [0.25, 0.3) is 0 Å². The average Bonchev–Trinajstić information content (AvgIpc) is 2.27. The molecule has 0 aliphatic rings. The molecule has 0 fully saturated rings. The number of aromatic hydroxyl groups is 1. The predicted molar refractivity (Wildman–Crippen MR) is 68.4 cm³/mol. The number of nitrogens with zero attached hydrogens (tertiary/aromatic N) is 1. The fourth-order valence-corrected chi connectivity index (χ4v) is 1.38. The number of hydrogen-bond acceptors (Lipinski definition) is 4. The van der Waals surface area contributed by atoms with E-state index in [1.54, 1.807) is 12.1 Å². The lowest BCUT2D eigenvalue weighted by atomic mass is 10.1. The monoisotopic (exact) mass is 252 g/mol. The van der Waals surface area contributed by atoms with Gasteiger partial charge in [-0.1, -0.05) is 12.1 Å². The van der Waals surface area contributed by atoms with Gasteiger partial charge in [0.15, 0.2) is 0 Å². The number of phenolic OH excluding ortho intramolecular Hbond substituents is 1. The molecular formula is C13H20N2O3. The van der Waals surface area contributed by atoms with Crippen molar-refractivity contribution in [2.24, 2.45) is 0 Å². The van der Waals surface area contributed by atoms with Gasteiger partial charge in [-0.2, -0.15) is 5.17 Å². The van der Waals surface area contributed by atoms with E-state index in [0.29, 0.717) is 13.0 Å². The van der Waals surface area contributed by atoms with Crippen LogP contribution in [0.25, 0.3) is 0 Å². The molecule has 1 amide bonds. The molecule has 0 heterocycles. The normalized spacial score (nSPS) is 11.3. The predicted octanol–water partition coefficient (Wildman–Crippen LogP) is 1.89. The number of benzene rings is 1. The smallest absolute Gasteiger partial charge is 0.249 e. The van der Waals surface area contributed by atoms with Gasteiger partial charge in [0.1, 0.15) is 5.75 Å². The molecule has 100 valence electrons. The Hall–Kier alpha value is -1.59. The first-order valence-corrected chi connectivity index (χ1v) is 5.77. The minimum Gasteiger partial charge on any atom is -0.508 e. The molecule has 0 aliphatic heterocycles. The van der Waals surface area contributed by atoms with Crippen molar-refractivity contribution in [3.05, 3.63) is 29.3 Å². The maximum atomic E-state index is 10.8. The van der Waals surface area contributed by atoms with Gasteiger partial charge >= 0.3 is 0 Å².